The Morgan fingerprint density at radius 2 is 1.47 bits per heavy atom. The molecule has 13 heteroatoms. The molecule has 5 atom stereocenters. The largest absolute Gasteiger partial charge is 0.394 e. The molecule has 3 rings (SSSR count). The zero-order valence-electron chi connectivity index (χ0n) is 31.4. The molecule has 0 aromatic heterocycles. The fraction of sp³-hybridized carbons (Fsp3) is 0.550. The standard InChI is InChI=1S/C40H56BrN5O7/c1-26(22-34(48)32(23-27-12-6-5-7-13-27)43-39(52)29-17-19-31(41)20-18-29)38(51)45-36(28-14-8-9-15-28)35(49)24-30(16-10-11-21-46(2,3)4)40(53)44-33(25-47)37(42)50/h5-7,12-13,17-20,26,28,30,32-33,36,47H,8-11,14-16,21-25H2,1-4H3,(H4-,42,43,44,45,50,51,52,53)/p+1/t26-,30-,32+,33+,36+/m1/s1. The van der Waals surface area contributed by atoms with Gasteiger partial charge in [0.05, 0.1) is 46.4 Å². The van der Waals surface area contributed by atoms with Gasteiger partial charge in [0.1, 0.15) is 6.04 Å². The van der Waals surface area contributed by atoms with Crippen LogP contribution in [0.5, 0.6) is 0 Å². The maximum Gasteiger partial charge on any atom is 0.251 e. The molecule has 53 heavy (non-hydrogen) atoms. The maximum atomic E-state index is 14.0. The number of aliphatic hydroxyl groups is 1. The maximum absolute atomic E-state index is 14.0. The van der Waals surface area contributed by atoms with Crippen LogP contribution in [-0.4, -0.2) is 97.2 Å². The van der Waals surface area contributed by atoms with Crippen molar-refractivity contribution < 1.29 is 38.4 Å². The van der Waals surface area contributed by atoms with Crippen LogP contribution >= 0.6 is 15.9 Å². The van der Waals surface area contributed by atoms with E-state index in [2.05, 4.69) is 53.0 Å². The van der Waals surface area contributed by atoms with Gasteiger partial charge < -0.3 is 31.3 Å². The fourth-order valence-corrected chi connectivity index (χ4v) is 6.96. The lowest BCUT2D eigenvalue weighted by atomic mass is 9.86. The van der Waals surface area contributed by atoms with Crippen LogP contribution in [0.2, 0.25) is 0 Å². The third-order valence-corrected chi connectivity index (χ3v) is 10.4. The summed E-state index contributed by atoms with van der Waals surface area (Å²) in [5, 5.41) is 17.9. The minimum atomic E-state index is -1.28. The molecule has 0 aliphatic heterocycles. The number of carbonyl (C=O) groups excluding carboxylic acids is 6. The summed E-state index contributed by atoms with van der Waals surface area (Å²) in [6.45, 7) is 1.82. The molecule has 0 heterocycles. The molecule has 2 aromatic carbocycles. The van der Waals surface area contributed by atoms with Crippen LogP contribution in [0, 0.1) is 17.8 Å². The molecule has 1 aliphatic carbocycles. The van der Waals surface area contributed by atoms with Crippen LogP contribution in [-0.2, 0) is 30.4 Å². The predicted octanol–water partition coefficient (Wildman–Crippen LogP) is 3.47. The molecule has 0 saturated heterocycles. The number of nitrogens with one attached hydrogen (secondary N) is 3. The van der Waals surface area contributed by atoms with Crippen LogP contribution in [0.4, 0.5) is 0 Å². The average Bonchev–Trinajstić information content (AvgIpc) is 3.65. The van der Waals surface area contributed by atoms with Gasteiger partial charge in [0.25, 0.3) is 5.91 Å². The van der Waals surface area contributed by atoms with Gasteiger partial charge in [-0.05, 0) is 74.3 Å². The van der Waals surface area contributed by atoms with Gasteiger partial charge in [0, 0.05) is 34.7 Å². The number of hydrogen-bond donors (Lipinski definition) is 5. The van der Waals surface area contributed by atoms with Gasteiger partial charge in [-0.25, -0.2) is 0 Å². The second-order valence-corrected chi connectivity index (χ2v) is 16.3. The first kappa shape index (κ1) is 43.5. The van der Waals surface area contributed by atoms with E-state index in [4.69, 9.17) is 5.73 Å². The second kappa shape index (κ2) is 21.1. The Morgan fingerprint density at radius 3 is 2.06 bits per heavy atom. The van der Waals surface area contributed by atoms with Crippen molar-refractivity contribution in [2.75, 3.05) is 34.3 Å². The predicted molar refractivity (Wildman–Crippen MR) is 206 cm³/mol. The summed E-state index contributed by atoms with van der Waals surface area (Å²) in [4.78, 5) is 79.8. The highest BCUT2D eigenvalue weighted by molar-refractivity contribution is 9.10. The molecule has 1 aliphatic rings. The summed E-state index contributed by atoms with van der Waals surface area (Å²) in [6.07, 6.45) is 5.04. The molecule has 1 fully saturated rings. The van der Waals surface area contributed by atoms with Crippen molar-refractivity contribution in [2.24, 2.45) is 23.5 Å². The smallest absolute Gasteiger partial charge is 0.251 e. The van der Waals surface area contributed by atoms with Crippen LogP contribution in [0.15, 0.2) is 59.1 Å². The lowest BCUT2D eigenvalue weighted by molar-refractivity contribution is -0.870. The minimum absolute atomic E-state index is 0.122. The Bertz CT molecular complexity index is 1540. The van der Waals surface area contributed by atoms with E-state index in [9.17, 15) is 33.9 Å². The van der Waals surface area contributed by atoms with E-state index in [1.54, 1.807) is 31.2 Å². The summed E-state index contributed by atoms with van der Waals surface area (Å²) in [7, 11) is 6.21. The number of benzene rings is 2. The number of rotatable bonds is 22. The van der Waals surface area contributed by atoms with Gasteiger partial charge in [0.15, 0.2) is 11.6 Å². The van der Waals surface area contributed by atoms with Gasteiger partial charge in [-0.3, -0.25) is 28.8 Å². The molecule has 12 nitrogen and oxygen atoms in total. The fourth-order valence-electron chi connectivity index (χ4n) is 6.69. The molecule has 4 amide bonds. The lowest BCUT2D eigenvalue weighted by Gasteiger charge is -2.28. The molecule has 0 radical (unpaired) electrons. The number of primary amides is 1. The van der Waals surface area contributed by atoms with E-state index in [1.165, 1.54) is 0 Å². The van der Waals surface area contributed by atoms with Gasteiger partial charge in [-0.15, -0.1) is 0 Å². The second-order valence-electron chi connectivity index (χ2n) is 15.3. The Balaban J connectivity index is 1.75. The number of hydrogen-bond acceptors (Lipinski definition) is 7. The Labute approximate surface area is 321 Å². The van der Waals surface area contributed by atoms with Crippen molar-refractivity contribution >= 4 is 51.1 Å². The third-order valence-electron chi connectivity index (χ3n) is 9.85. The molecular formula is C40H57BrN5O7+. The molecule has 2 aromatic rings. The van der Waals surface area contributed by atoms with Gasteiger partial charge in [0.2, 0.25) is 17.7 Å². The van der Waals surface area contributed by atoms with Crippen LogP contribution in [0.1, 0.15) is 80.6 Å². The van der Waals surface area contributed by atoms with Gasteiger partial charge in [-0.2, -0.15) is 0 Å². The zero-order chi connectivity index (χ0) is 39.1. The van der Waals surface area contributed by atoms with Crippen LogP contribution in [0.25, 0.3) is 0 Å². The molecule has 1 saturated carbocycles. The van der Waals surface area contributed by atoms with E-state index in [1.807, 2.05) is 30.3 Å². The number of aliphatic hydroxyl groups excluding tert-OH is 1. The number of Topliss-reactive ketones (excluding diaryl/α,β-unsaturated/α-hetero) is 2. The number of amides is 4. The lowest BCUT2D eigenvalue weighted by Crippen LogP contribution is -2.51. The number of nitrogens with two attached hydrogens (primary N) is 1. The van der Waals surface area contributed by atoms with Crippen molar-refractivity contribution in [3.63, 3.8) is 0 Å². The van der Waals surface area contributed by atoms with E-state index >= 15 is 0 Å². The summed E-state index contributed by atoms with van der Waals surface area (Å²) < 4.78 is 1.55. The van der Waals surface area contributed by atoms with Gasteiger partial charge >= 0.3 is 0 Å². The summed E-state index contributed by atoms with van der Waals surface area (Å²) in [5.41, 5.74) is 6.59. The molecule has 0 bridgehead atoms. The SMILES string of the molecule is C[C@H](CC(=O)[C@H](Cc1ccccc1)NC(=O)c1ccc(Br)cc1)C(=O)N[C@H](C(=O)C[C@@H](CCCC[N+](C)(C)C)C(=O)N[C@@H](CO)C(N)=O)C1CCCC1. The molecule has 290 valence electrons. The number of ketones is 2. The first-order chi connectivity index (χ1) is 25.1. The van der Waals surface area contributed by atoms with E-state index in [0.29, 0.717) is 18.4 Å². The monoisotopic (exact) mass is 798 g/mol. The molecule has 6 N–H and O–H groups in total. The first-order valence-electron chi connectivity index (χ1n) is 18.5. The highest BCUT2D eigenvalue weighted by Gasteiger charge is 2.36. The quantitative estimate of drug-likeness (QED) is 0.0892. The van der Waals surface area contributed by atoms with Crippen LogP contribution < -0.4 is 21.7 Å². The summed E-state index contributed by atoms with van der Waals surface area (Å²) >= 11 is 3.37. The average molecular weight is 800 g/mol. The molecular weight excluding hydrogens is 742 g/mol. The Hall–Kier alpha value is -3.94. The Kier molecular flexibility index (Phi) is 17.3. The van der Waals surface area contributed by atoms with Crippen LogP contribution in [0.3, 0.4) is 0 Å². The first-order valence-corrected chi connectivity index (χ1v) is 19.3. The zero-order valence-corrected chi connectivity index (χ0v) is 33.0. The molecule has 0 unspecified atom stereocenters. The van der Waals surface area contributed by atoms with Gasteiger partial charge in [-0.1, -0.05) is 66.0 Å². The summed E-state index contributed by atoms with van der Waals surface area (Å²) in [5.74, 6) is -4.63. The van der Waals surface area contributed by atoms with Crippen molar-refractivity contribution in [2.45, 2.75) is 89.3 Å². The van der Waals surface area contributed by atoms with Crippen molar-refractivity contribution in [1.82, 2.24) is 16.0 Å². The highest BCUT2D eigenvalue weighted by Crippen LogP contribution is 2.30. The topological polar surface area (TPSA) is 185 Å². The normalized spacial score (nSPS) is 16.1. The number of nitrogens with zero attached hydrogens (tertiary/aromatic N) is 1. The van der Waals surface area contributed by atoms with Crippen molar-refractivity contribution in [3.05, 3.63) is 70.2 Å². The number of quaternary nitrogens is 1. The number of halogens is 1. The van der Waals surface area contributed by atoms with Crippen molar-refractivity contribution in [3.8, 4) is 0 Å². The van der Waals surface area contributed by atoms with E-state index < -0.39 is 60.2 Å². The third kappa shape index (κ3) is 14.8. The highest BCUT2D eigenvalue weighted by atomic mass is 79.9. The van der Waals surface area contributed by atoms with E-state index in [-0.39, 0.29) is 36.7 Å². The molecule has 0 spiro atoms. The van der Waals surface area contributed by atoms with E-state index in [0.717, 1.165) is 53.2 Å². The Morgan fingerprint density at radius 1 is 0.830 bits per heavy atom. The van der Waals surface area contributed by atoms with Crippen molar-refractivity contribution in [1.29, 1.82) is 0 Å². The number of unbranched alkanes of at least 4 members (excludes halogenated alkanes) is 1. The minimum Gasteiger partial charge on any atom is -0.394 e. The number of carbonyl (C=O) groups is 6. The summed E-state index contributed by atoms with van der Waals surface area (Å²) in [6, 6.07) is 13.1.